The predicted molar refractivity (Wildman–Crippen MR) is 533 cm³/mol. The number of fused-ring (bicyclic) bond motifs is 5. The Bertz CT molecular complexity index is 7610. The van der Waals surface area contributed by atoms with E-state index in [2.05, 4.69) is 59.2 Å². The van der Waals surface area contributed by atoms with Crippen LogP contribution in [0.25, 0.3) is 54.1 Å². The van der Waals surface area contributed by atoms with Gasteiger partial charge in [-0.25, -0.2) is 23.7 Å². The summed E-state index contributed by atoms with van der Waals surface area (Å²) in [5.74, 6) is -0.367. The number of aromatic amines is 1. The zero-order valence-corrected chi connectivity index (χ0v) is 80.7. The molecule has 40 heteroatoms. The number of H-pyrrole nitrogens is 1. The molecule has 4 aliphatic rings. The van der Waals surface area contributed by atoms with Gasteiger partial charge < -0.3 is 81.9 Å². The molecule has 4 saturated carbocycles. The number of esters is 3. The summed E-state index contributed by atoms with van der Waals surface area (Å²) in [5, 5.41) is 81.4. The average Bonchev–Trinajstić information content (AvgIpc) is 1.29. The van der Waals surface area contributed by atoms with Crippen LogP contribution in [0.1, 0.15) is 165 Å². The summed E-state index contributed by atoms with van der Waals surface area (Å²) in [6.07, 6.45) is 8.68. The molecule has 0 saturated heterocycles. The number of imidazole rings is 1. The summed E-state index contributed by atoms with van der Waals surface area (Å²) in [6, 6.07) is 48.1. The van der Waals surface area contributed by atoms with Gasteiger partial charge in [-0.05, 0) is 186 Å². The molecule has 4 fully saturated rings. The van der Waals surface area contributed by atoms with E-state index in [4.69, 9.17) is 71.6 Å². The van der Waals surface area contributed by atoms with E-state index >= 15 is 0 Å². The first-order chi connectivity index (χ1) is 68.5. The number of benzene rings is 8. The first kappa shape index (κ1) is 104. The number of carboxylic acid groups (broad SMARTS) is 2. The van der Waals surface area contributed by atoms with Crippen LogP contribution in [0.5, 0.6) is 23.0 Å². The van der Waals surface area contributed by atoms with Crippen molar-refractivity contribution in [1.82, 2.24) is 49.1 Å². The van der Waals surface area contributed by atoms with Crippen LogP contribution in [0, 0.1) is 69.0 Å². The molecule has 2 amide bonds. The number of nitrogen functional groups attached to an aromatic ring is 4. The first-order valence-corrected chi connectivity index (χ1v) is 46.3. The number of carboxylic acids is 2. The number of nitrogens with one attached hydrogen (secondary N) is 3. The van der Waals surface area contributed by atoms with Gasteiger partial charge in [0.05, 0.1) is 164 Å². The molecule has 144 heavy (non-hydrogen) atoms. The molecule has 13 N–H and O–H groups in total. The number of nitrogens with zero attached hydrogens (tertiary/aromatic N) is 13. The maximum Gasteiger partial charge on any atom is 0.328 e. The molecule has 0 aliphatic heterocycles. The number of amides is 2. The highest BCUT2D eigenvalue weighted by Crippen LogP contribution is 2.38. The molecule has 4 aliphatic carbocycles. The minimum atomic E-state index is -1.15. The van der Waals surface area contributed by atoms with Crippen LogP contribution in [0.15, 0.2) is 165 Å². The van der Waals surface area contributed by atoms with Gasteiger partial charge in [0.15, 0.2) is 0 Å². The van der Waals surface area contributed by atoms with E-state index in [9.17, 15) is 68.5 Å². The number of anilines is 6. The van der Waals surface area contributed by atoms with Crippen molar-refractivity contribution in [1.29, 1.82) is 21.0 Å². The summed E-state index contributed by atoms with van der Waals surface area (Å²) in [7, 11) is 0. The summed E-state index contributed by atoms with van der Waals surface area (Å²) in [6.45, 7) is 16.2. The lowest BCUT2D eigenvalue weighted by Gasteiger charge is -2.20. The van der Waals surface area contributed by atoms with Crippen molar-refractivity contribution in [3.05, 3.63) is 238 Å². The second kappa shape index (κ2) is 45.1. The Balaban J connectivity index is 0.000000155. The second-order valence-electron chi connectivity index (χ2n) is 38.0. The van der Waals surface area contributed by atoms with Gasteiger partial charge in [0.25, 0.3) is 22.2 Å². The number of hydrogen-bond acceptors (Lipinski definition) is 31. The van der Waals surface area contributed by atoms with Crippen LogP contribution < -0.4 is 74.8 Å². The van der Waals surface area contributed by atoms with Gasteiger partial charge >= 0.3 is 29.8 Å². The van der Waals surface area contributed by atoms with Gasteiger partial charge in [-0.3, -0.25) is 52.7 Å². The fraction of sp³-hybridized carbons (Fsp3) is 0.346. The number of carbonyl (C=O) groups is 7. The van der Waals surface area contributed by atoms with E-state index in [1.54, 1.807) is 190 Å². The fourth-order valence-corrected chi connectivity index (χ4v) is 14.8. The van der Waals surface area contributed by atoms with Crippen molar-refractivity contribution in [2.75, 3.05) is 60.0 Å². The lowest BCUT2D eigenvalue weighted by Crippen LogP contribution is -2.33. The monoisotopic (exact) mass is 1960 g/mol. The highest BCUT2D eigenvalue weighted by Gasteiger charge is 2.31. The minimum absolute atomic E-state index is 0.188. The molecule has 13 aromatic rings. The van der Waals surface area contributed by atoms with Crippen molar-refractivity contribution in [3.8, 4) is 47.3 Å². The molecular weight excluding hydrogens is 1850 g/mol. The van der Waals surface area contributed by atoms with Crippen molar-refractivity contribution >= 4 is 130 Å². The molecule has 8 aromatic carbocycles. The highest BCUT2D eigenvalue weighted by atomic mass is 16.6. The van der Waals surface area contributed by atoms with E-state index < -0.39 is 93.8 Å². The zero-order chi connectivity index (χ0) is 104. The Kier molecular flexibility index (Phi) is 32.5. The third-order valence-electron chi connectivity index (χ3n) is 22.3. The van der Waals surface area contributed by atoms with E-state index in [0.717, 1.165) is 57.3 Å². The van der Waals surface area contributed by atoms with Crippen LogP contribution in [0.3, 0.4) is 0 Å². The quantitative estimate of drug-likeness (QED) is 0.0115. The number of rotatable bonds is 30. The number of ether oxygens (including phenoxy) is 7. The molecule has 744 valence electrons. The molecular formula is C104H108N20O20. The number of nitrogens with two attached hydrogens (primary N) is 4. The Hall–Kier alpha value is -17.6. The Morgan fingerprint density at radius 2 is 0.674 bits per heavy atom. The molecule has 5 aromatic heterocycles. The molecule has 0 radical (unpaired) electrons. The lowest BCUT2D eigenvalue weighted by molar-refractivity contribution is -0.157. The summed E-state index contributed by atoms with van der Waals surface area (Å²) < 4.78 is 42.6. The number of aliphatic carboxylic acids is 2. The Morgan fingerprint density at radius 1 is 0.382 bits per heavy atom. The number of carbonyl (C=O) groups excluding carboxylic acids is 5. The molecule has 40 nitrogen and oxygen atoms in total. The Labute approximate surface area is 823 Å². The van der Waals surface area contributed by atoms with Crippen LogP contribution in [-0.4, -0.2) is 144 Å². The topological polar surface area (TPSA) is 616 Å². The van der Waals surface area contributed by atoms with Gasteiger partial charge in [0.2, 0.25) is 11.8 Å². The van der Waals surface area contributed by atoms with Crippen molar-refractivity contribution < 1.29 is 76.9 Å². The fourth-order valence-electron chi connectivity index (χ4n) is 14.8. The minimum Gasteiger partial charge on any atom is -0.492 e. The van der Waals surface area contributed by atoms with E-state index in [0.29, 0.717) is 178 Å². The van der Waals surface area contributed by atoms with Gasteiger partial charge in [-0.2, -0.15) is 41.4 Å². The largest absolute Gasteiger partial charge is 0.492 e. The van der Waals surface area contributed by atoms with Crippen LogP contribution in [-0.2, 0) is 99.6 Å². The van der Waals surface area contributed by atoms with Crippen molar-refractivity contribution in [2.24, 2.45) is 23.7 Å². The molecule has 5 heterocycles. The third-order valence-corrected chi connectivity index (χ3v) is 22.3. The molecule has 0 atom stereocenters. The summed E-state index contributed by atoms with van der Waals surface area (Å²) >= 11 is 0. The maximum atomic E-state index is 13.0. The van der Waals surface area contributed by atoms with E-state index in [1.807, 2.05) is 6.07 Å². The summed E-state index contributed by atoms with van der Waals surface area (Å²) in [5.41, 5.74) is 25.6. The molecule has 0 unspecified atom stereocenters. The normalized spacial score (nSPS) is 13.1. The van der Waals surface area contributed by atoms with Crippen molar-refractivity contribution in [2.45, 2.75) is 182 Å². The van der Waals surface area contributed by atoms with Gasteiger partial charge in [0, 0.05) is 45.8 Å². The van der Waals surface area contributed by atoms with Gasteiger partial charge in [-0.1, -0.05) is 72.8 Å². The molecule has 0 bridgehead atoms. The zero-order valence-electron chi connectivity index (χ0n) is 80.7. The number of hydrogen-bond donors (Lipinski definition) is 9. The van der Waals surface area contributed by atoms with E-state index in [-0.39, 0.29) is 72.7 Å². The van der Waals surface area contributed by atoms with Crippen molar-refractivity contribution in [3.63, 3.8) is 0 Å². The standard InChI is InChI=1S/2C27H29N5O5.C23H19N5O4.C16H18N2O5.C11H13N3O/c1-27(2,3)37-25(34)14-32-26(35)19-7-5-4-6-18(19)21(31-32)12-24(33)30-22-10-17(13-28)23(11-20(22)29)36-15-16-8-9-16;1-27(2,3)37-25(34)14-32-26(35)19-7-5-4-6-18(19)21(31-32)12-24(33)30-22-11-23(36-15-16-8-9-16)17(13-28)10-20(22)29;24-10-14-7-18-19(8-20(14)32-12-13-5-6-13)26-21(25-18)9-17-15-3-1-2-4-16(15)23(31)28(27-17)11-22(29)30;1-16(2,3)23-14(21)9-18-15(22)11-7-5-4-6-10(11)12(17-18)8-13(19)20;12-5-8-3-9(13)10(14)4-11(8)15-6-7-1-2-7/h2*4-7,10-11,16H,8-9,12,14-15,29H2,1-3H3,(H,30,33);1-4,7-8,13H,5-6,9,11-12H2,(H,25,26)(H,29,30);4-7H,8-9H2,1-3H3,(H,19,20);3-4,7H,1-2,6,13-14H2. The Morgan fingerprint density at radius 3 is 1.03 bits per heavy atom. The van der Waals surface area contributed by atoms with E-state index in [1.165, 1.54) is 31.0 Å². The highest BCUT2D eigenvalue weighted by molar-refractivity contribution is 6.00. The second-order valence-corrected chi connectivity index (χ2v) is 38.0. The number of aromatic nitrogens is 10. The van der Waals surface area contributed by atoms with Gasteiger partial charge in [-0.15, -0.1) is 0 Å². The number of nitriles is 4. The lowest BCUT2D eigenvalue weighted by atomic mass is 10.1. The molecule has 0 spiro atoms. The molecule has 17 rings (SSSR count). The SMILES string of the molecule is CC(C)(C)OC(=O)Cn1nc(CC(=O)Nc2cc(C#N)c(OCC3CC3)cc2N)c2ccccc2c1=O.CC(C)(C)OC(=O)Cn1nc(CC(=O)Nc2cc(OCC3CC3)c(C#N)cc2N)c2ccccc2c1=O.CC(C)(C)OC(=O)Cn1nc(CC(=O)O)c2ccccc2c1=O.N#Cc1cc(N)c(N)cc1OCC1CC1.N#Cc1cc2[nH]c(Cc3nn(CC(=O)O)c(=O)c4ccccc34)nc2cc1OCC1CC1. The van der Waals surface area contributed by atoms with Crippen LogP contribution in [0.2, 0.25) is 0 Å². The maximum absolute atomic E-state index is 13.0. The van der Waals surface area contributed by atoms with Gasteiger partial charge in [0.1, 0.15) is 96.1 Å². The van der Waals surface area contributed by atoms with Crippen LogP contribution >= 0.6 is 0 Å². The van der Waals surface area contributed by atoms with Crippen LogP contribution in [0.4, 0.5) is 34.1 Å². The summed E-state index contributed by atoms with van der Waals surface area (Å²) in [4.78, 5) is 144. The third kappa shape index (κ3) is 28.6. The smallest absolute Gasteiger partial charge is 0.328 e. The first-order valence-electron chi connectivity index (χ1n) is 46.3. The predicted octanol–water partition coefficient (Wildman–Crippen LogP) is 11.8. The average molecular weight is 1960 g/mol.